The maximum absolute atomic E-state index is 12.1. The number of ether oxygens (including phenoxy) is 13. The fourth-order valence-corrected chi connectivity index (χ4v) is 11.1. The van der Waals surface area contributed by atoms with Gasteiger partial charge in [-0.25, -0.2) is 4.79 Å². The molecule has 102 heavy (non-hydrogen) atoms. The number of allylic oxidation sites excluding steroid dienone is 1. The lowest BCUT2D eigenvalue weighted by Gasteiger charge is -2.27. The van der Waals surface area contributed by atoms with Crippen molar-refractivity contribution in [3.05, 3.63) is 264 Å². The molecule has 0 saturated carbocycles. The molecule has 4 fully saturated rings. The molecule has 0 aromatic heterocycles. The average Bonchev–Trinajstić information content (AvgIpc) is 1.11. The second-order valence-corrected chi connectivity index (χ2v) is 28.0. The number of hydrogen-bond acceptors (Lipinski definition) is 16. The molecule has 0 radical (unpaired) electrons. The van der Waals surface area contributed by atoms with Crippen LogP contribution in [0.1, 0.15) is 99.9 Å². The minimum Gasteiger partial charge on any atom is -0.491 e. The second-order valence-electron chi connectivity index (χ2n) is 27.7. The van der Waals surface area contributed by atoms with Crippen molar-refractivity contribution in [3.63, 3.8) is 0 Å². The van der Waals surface area contributed by atoms with E-state index in [2.05, 4.69) is 166 Å². The van der Waals surface area contributed by atoms with E-state index in [1.807, 2.05) is 97.1 Å². The van der Waals surface area contributed by atoms with E-state index >= 15 is 0 Å². The summed E-state index contributed by atoms with van der Waals surface area (Å²) in [7, 11) is 0. The zero-order valence-electron chi connectivity index (χ0n) is 59.6. The highest BCUT2D eigenvalue weighted by Gasteiger charge is 2.30. The van der Waals surface area contributed by atoms with Gasteiger partial charge >= 0.3 is 5.97 Å². The van der Waals surface area contributed by atoms with E-state index in [9.17, 15) is 14.7 Å². The lowest BCUT2D eigenvalue weighted by Crippen LogP contribution is -2.30. The van der Waals surface area contributed by atoms with Gasteiger partial charge in [-0.15, -0.1) is 11.6 Å². The molecule has 16 nitrogen and oxygen atoms in total. The molecule has 8 aromatic rings. The molecule has 1 N–H and O–H groups in total. The molecule has 4 saturated heterocycles. The molecule has 4 aliphatic heterocycles. The molecular weight excluding hydrogens is 1310 g/mol. The van der Waals surface area contributed by atoms with Crippen LogP contribution in [0, 0.1) is 0 Å². The van der Waals surface area contributed by atoms with Crippen molar-refractivity contribution in [2.75, 3.05) is 85.2 Å². The first-order valence-corrected chi connectivity index (χ1v) is 35.2. The number of carbonyl (C=O) groups is 2. The third-order valence-electron chi connectivity index (χ3n) is 18.5. The summed E-state index contributed by atoms with van der Waals surface area (Å²) in [5.41, 5.74) is 8.49. The summed E-state index contributed by atoms with van der Waals surface area (Å²) >= 11 is 5.03. The second kappa shape index (κ2) is 35.2. The number of ketones is 1. The average molecular weight is 1410 g/mol. The van der Waals surface area contributed by atoms with Gasteiger partial charge in [-0.2, -0.15) is 0 Å². The quantitative estimate of drug-likeness (QED) is 0.0169. The van der Waals surface area contributed by atoms with Crippen LogP contribution in [0.3, 0.4) is 0 Å². The first-order chi connectivity index (χ1) is 49.1. The van der Waals surface area contributed by atoms with Crippen LogP contribution in [0.2, 0.25) is 0 Å². The van der Waals surface area contributed by atoms with E-state index in [-0.39, 0.29) is 84.2 Å². The maximum Gasteiger partial charge on any atom is 0.330 e. The standard InChI is InChI=1S/C42H46O8.C39H44O7.C4H5ClO/c1-6-40(43)50-39(27-46-35-19-11-31(12-20-35)41(2,3)29-7-15-33(16-8-29)44-23-37-25-48-37)28-47-36-21-13-32(14-22-36)42(4,5)30-9-17-34(18-10-30)45-24-38-26-49-38;1-38(2,29-9-17-34(18-10-29)43-23-36-25-45-36)27-5-13-32(14-6-27)41-21-31(40)22-42-33-15-7-28(8-16-33)39(3,4)30-11-19-35(20-12-30)44-24-37-26-46-37;1-2-4(6)3-5/h6-22,37-39H,1,23-28H2,2-5H3;5-20,31,36-37,40H,21-26H2,1-4H3;2H,1,3H2. The van der Waals surface area contributed by atoms with Gasteiger partial charge in [0.05, 0.1) is 32.3 Å². The fourth-order valence-electron chi connectivity index (χ4n) is 11.0. The molecule has 538 valence electrons. The van der Waals surface area contributed by atoms with Crippen LogP contribution < -0.4 is 37.9 Å². The van der Waals surface area contributed by atoms with E-state index in [1.54, 1.807) is 0 Å². The molecule has 4 atom stereocenters. The lowest BCUT2D eigenvalue weighted by molar-refractivity contribution is -0.146. The number of epoxide rings is 4. The summed E-state index contributed by atoms with van der Waals surface area (Å²) in [6, 6.07) is 64.9. The minimum absolute atomic E-state index is 0.0451. The number of hydrogen-bond donors (Lipinski definition) is 1. The van der Waals surface area contributed by atoms with Crippen LogP contribution in [-0.2, 0) is 54.9 Å². The van der Waals surface area contributed by atoms with E-state index in [0.29, 0.717) is 49.4 Å². The minimum atomic E-state index is -0.772. The van der Waals surface area contributed by atoms with Crippen LogP contribution >= 0.6 is 11.6 Å². The number of alkyl halides is 1. The third kappa shape index (κ3) is 22.4. The first-order valence-electron chi connectivity index (χ1n) is 34.6. The Balaban J connectivity index is 0.000000204. The van der Waals surface area contributed by atoms with Crippen LogP contribution in [0.15, 0.2) is 219 Å². The van der Waals surface area contributed by atoms with Crippen molar-refractivity contribution in [3.8, 4) is 46.0 Å². The molecule has 4 heterocycles. The molecule has 0 aliphatic carbocycles. The predicted molar refractivity (Wildman–Crippen MR) is 395 cm³/mol. The first kappa shape index (κ1) is 75.5. The van der Waals surface area contributed by atoms with Gasteiger partial charge in [0.25, 0.3) is 0 Å². The summed E-state index contributed by atoms with van der Waals surface area (Å²) in [5.74, 6) is 5.49. The number of esters is 1. The van der Waals surface area contributed by atoms with Crippen molar-refractivity contribution in [1.82, 2.24) is 0 Å². The molecule has 0 amide bonds. The van der Waals surface area contributed by atoms with Crippen molar-refractivity contribution >= 4 is 23.4 Å². The SMILES string of the molecule is C=CC(=O)CCl.C=CC(=O)OC(COc1ccc(C(C)(C)c2ccc(OCC3CO3)cc2)cc1)COc1ccc(C(C)(C)c2ccc(OCC3CO3)cc2)cc1.CC(C)(c1ccc(OCC(O)COc2ccc(C(C)(C)c3ccc(OCC4CO4)cc3)cc2)cc1)c1ccc(OCC2CO2)cc1. The number of benzene rings is 8. The van der Waals surface area contributed by atoms with Gasteiger partial charge in [-0.1, -0.05) is 166 Å². The summed E-state index contributed by atoms with van der Waals surface area (Å²) in [6.07, 6.45) is 1.86. The summed E-state index contributed by atoms with van der Waals surface area (Å²) in [4.78, 5) is 22.1. The monoisotopic (exact) mass is 1410 g/mol. The molecule has 8 aromatic carbocycles. The van der Waals surface area contributed by atoms with Crippen molar-refractivity contribution in [2.24, 2.45) is 0 Å². The van der Waals surface area contributed by atoms with Gasteiger partial charge in [0.15, 0.2) is 11.9 Å². The lowest BCUT2D eigenvalue weighted by atomic mass is 9.78. The van der Waals surface area contributed by atoms with Gasteiger partial charge in [0.2, 0.25) is 0 Å². The zero-order chi connectivity index (χ0) is 72.3. The van der Waals surface area contributed by atoms with Gasteiger partial charge in [0.1, 0.15) is 129 Å². The van der Waals surface area contributed by atoms with Gasteiger partial charge < -0.3 is 66.7 Å². The Morgan fingerprint density at radius 1 is 0.373 bits per heavy atom. The van der Waals surface area contributed by atoms with E-state index in [0.717, 1.165) is 66.6 Å². The van der Waals surface area contributed by atoms with Crippen LogP contribution in [0.5, 0.6) is 46.0 Å². The molecule has 0 spiro atoms. The van der Waals surface area contributed by atoms with Crippen molar-refractivity contribution in [2.45, 2.75) is 114 Å². The Labute approximate surface area is 605 Å². The number of carbonyl (C=O) groups excluding carboxylic acids is 2. The van der Waals surface area contributed by atoms with E-state index < -0.39 is 18.2 Å². The number of halogens is 1. The van der Waals surface area contributed by atoms with E-state index in [4.69, 9.17) is 73.2 Å². The van der Waals surface area contributed by atoms with Crippen LogP contribution in [0.4, 0.5) is 0 Å². The number of rotatable bonds is 36. The normalized spacial score (nSPS) is 17.0. The molecular formula is C85H95ClO16. The molecule has 4 aliphatic rings. The highest BCUT2D eigenvalue weighted by Crippen LogP contribution is 2.38. The number of aliphatic hydroxyl groups excluding tert-OH is 1. The Morgan fingerprint density at radius 3 is 0.735 bits per heavy atom. The number of aliphatic hydroxyl groups is 1. The predicted octanol–water partition coefficient (Wildman–Crippen LogP) is 15.1. The Bertz CT molecular complexity index is 3690. The highest BCUT2D eigenvalue weighted by molar-refractivity contribution is 6.29. The Kier molecular flexibility index (Phi) is 26.0. The van der Waals surface area contributed by atoms with Crippen LogP contribution in [-0.4, -0.2) is 139 Å². The maximum atomic E-state index is 12.1. The molecule has 4 unspecified atom stereocenters. The Hall–Kier alpha value is -9.13. The van der Waals surface area contributed by atoms with E-state index in [1.165, 1.54) is 39.5 Å². The molecule has 0 bridgehead atoms. The third-order valence-corrected chi connectivity index (χ3v) is 18.8. The summed E-state index contributed by atoms with van der Waals surface area (Å²) in [6.45, 7) is 30.3. The van der Waals surface area contributed by atoms with Gasteiger partial charge in [0, 0.05) is 27.7 Å². The van der Waals surface area contributed by atoms with Gasteiger partial charge in [-0.3, -0.25) is 4.79 Å². The topological polar surface area (TPSA) is 188 Å². The zero-order valence-corrected chi connectivity index (χ0v) is 60.4. The van der Waals surface area contributed by atoms with Crippen molar-refractivity contribution < 1.29 is 76.3 Å². The molecule has 12 rings (SSSR count). The highest BCUT2D eigenvalue weighted by atomic mass is 35.5. The summed E-state index contributed by atoms with van der Waals surface area (Å²) in [5, 5.41) is 10.5. The molecule has 17 heteroatoms. The van der Waals surface area contributed by atoms with Crippen LogP contribution in [0.25, 0.3) is 0 Å². The fraction of sp³-hybridized carbons (Fsp3) is 0.365. The largest absolute Gasteiger partial charge is 0.491 e. The smallest absolute Gasteiger partial charge is 0.330 e. The van der Waals surface area contributed by atoms with Crippen molar-refractivity contribution in [1.29, 1.82) is 0 Å². The summed E-state index contributed by atoms with van der Waals surface area (Å²) < 4.78 is 73.4. The Morgan fingerprint density at radius 2 is 0.569 bits per heavy atom. The van der Waals surface area contributed by atoms with Gasteiger partial charge in [-0.05, 0) is 148 Å².